The minimum atomic E-state index is -3.27. The van der Waals surface area contributed by atoms with E-state index in [1.807, 2.05) is 32.0 Å². The first-order valence-electron chi connectivity index (χ1n) is 9.42. The summed E-state index contributed by atoms with van der Waals surface area (Å²) in [5.41, 5.74) is 0.774. The molecule has 29 heavy (non-hydrogen) atoms. The number of rotatable bonds is 9. The van der Waals surface area contributed by atoms with E-state index in [1.165, 1.54) is 0 Å². The predicted molar refractivity (Wildman–Crippen MR) is 132 cm³/mol. The minimum absolute atomic E-state index is 0. The van der Waals surface area contributed by atoms with Crippen molar-refractivity contribution in [2.24, 2.45) is 4.99 Å². The van der Waals surface area contributed by atoms with Crippen molar-refractivity contribution in [1.29, 1.82) is 0 Å². The molecule has 0 unspecified atom stereocenters. The number of nitrogens with one attached hydrogen (secondary N) is 2. The first-order valence-corrected chi connectivity index (χ1v) is 12.2. The van der Waals surface area contributed by atoms with Gasteiger partial charge in [0.2, 0.25) is 10.0 Å². The first kappa shape index (κ1) is 26.1. The lowest BCUT2D eigenvalue weighted by Crippen LogP contribution is -2.40. The van der Waals surface area contributed by atoms with Gasteiger partial charge >= 0.3 is 0 Å². The van der Waals surface area contributed by atoms with Crippen LogP contribution in [0, 0.1) is 0 Å². The molecule has 1 aliphatic rings. The van der Waals surface area contributed by atoms with Crippen LogP contribution in [0.5, 0.6) is 11.5 Å². The minimum Gasteiger partial charge on any atom is -0.493 e. The van der Waals surface area contributed by atoms with Gasteiger partial charge in [0, 0.05) is 42.9 Å². The van der Waals surface area contributed by atoms with Gasteiger partial charge in [0.05, 0.1) is 26.0 Å². The summed E-state index contributed by atoms with van der Waals surface area (Å²) in [5.74, 6) is 3.52. The monoisotopic (exact) mass is 558 g/mol. The van der Waals surface area contributed by atoms with Crippen molar-refractivity contribution in [2.75, 3.05) is 62.5 Å². The van der Waals surface area contributed by atoms with Crippen LogP contribution in [-0.2, 0) is 10.0 Å². The summed E-state index contributed by atoms with van der Waals surface area (Å²) in [7, 11) is -1.68. The van der Waals surface area contributed by atoms with Crippen molar-refractivity contribution >= 4 is 57.4 Å². The van der Waals surface area contributed by atoms with E-state index in [-0.39, 0.29) is 36.3 Å². The Bertz CT molecular complexity index is 756. The van der Waals surface area contributed by atoms with E-state index in [2.05, 4.69) is 15.6 Å². The molecule has 0 radical (unpaired) electrons. The fraction of sp³-hybridized carbons (Fsp3) is 0.611. The molecule has 0 saturated carbocycles. The Labute approximate surface area is 195 Å². The van der Waals surface area contributed by atoms with Gasteiger partial charge in [-0.1, -0.05) is 0 Å². The highest BCUT2D eigenvalue weighted by Crippen LogP contribution is 2.30. The molecule has 1 heterocycles. The van der Waals surface area contributed by atoms with Crippen LogP contribution in [0.15, 0.2) is 23.2 Å². The fourth-order valence-electron chi connectivity index (χ4n) is 2.69. The highest BCUT2D eigenvalue weighted by Gasteiger charge is 2.23. The van der Waals surface area contributed by atoms with Gasteiger partial charge in [-0.3, -0.25) is 4.99 Å². The van der Waals surface area contributed by atoms with Crippen LogP contribution in [0.25, 0.3) is 0 Å². The second-order valence-electron chi connectivity index (χ2n) is 6.01. The second kappa shape index (κ2) is 13.4. The summed E-state index contributed by atoms with van der Waals surface area (Å²) in [6.45, 7) is 6.45. The van der Waals surface area contributed by atoms with Gasteiger partial charge in [0.1, 0.15) is 0 Å². The van der Waals surface area contributed by atoms with Crippen LogP contribution in [0.3, 0.4) is 0 Å². The summed E-state index contributed by atoms with van der Waals surface area (Å²) in [5, 5.41) is 6.31. The normalized spacial score (nSPS) is 15.3. The number of benzene rings is 1. The molecule has 166 valence electrons. The molecule has 1 aliphatic heterocycles. The average molecular weight is 559 g/mol. The van der Waals surface area contributed by atoms with Crippen molar-refractivity contribution in [3.05, 3.63) is 18.2 Å². The molecule has 0 aromatic heterocycles. The molecule has 2 rings (SSSR count). The van der Waals surface area contributed by atoms with Crippen LogP contribution >= 0.6 is 35.7 Å². The molecule has 1 aromatic carbocycles. The number of thioether (sulfide) groups is 1. The fourth-order valence-corrected chi connectivity index (χ4v) is 5.14. The molecule has 0 bridgehead atoms. The third kappa shape index (κ3) is 8.38. The predicted octanol–water partition coefficient (Wildman–Crippen LogP) is 2.47. The maximum Gasteiger partial charge on any atom is 0.215 e. The van der Waals surface area contributed by atoms with Gasteiger partial charge < -0.3 is 20.1 Å². The summed E-state index contributed by atoms with van der Waals surface area (Å²) < 4.78 is 37.3. The van der Waals surface area contributed by atoms with E-state index in [0.717, 1.165) is 17.2 Å². The number of ether oxygens (including phenoxy) is 2. The second-order valence-corrected chi connectivity index (χ2v) is 9.32. The number of hydrogen-bond acceptors (Lipinski definition) is 6. The lowest BCUT2D eigenvalue weighted by Gasteiger charge is -2.25. The first-order chi connectivity index (χ1) is 13.5. The highest BCUT2D eigenvalue weighted by molar-refractivity contribution is 14.0. The number of sulfonamides is 1. The van der Waals surface area contributed by atoms with Crippen LogP contribution < -0.4 is 20.1 Å². The van der Waals surface area contributed by atoms with Gasteiger partial charge in [-0.2, -0.15) is 11.8 Å². The molecule has 2 N–H and O–H groups in total. The van der Waals surface area contributed by atoms with Crippen LogP contribution in [0.2, 0.25) is 0 Å². The van der Waals surface area contributed by atoms with Crippen molar-refractivity contribution in [3.8, 4) is 11.5 Å². The number of halogens is 1. The Hall–Kier alpha value is -0.920. The standard InChI is InChI=1S/C18H30N4O4S2.HI/c1-4-19-18(20-8-13-28(23,24)22-9-11-27-12-10-22)21-15-6-7-16(26-5-2)17(14-15)25-3;/h6-7,14H,4-5,8-13H2,1-3H3,(H2,19,20,21);1H. The van der Waals surface area contributed by atoms with Crippen molar-refractivity contribution in [3.63, 3.8) is 0 Å². The molecule has 1 saturated heterocycles. The van der Waals surface area contributed by atoms with Crippen molar-refractivity contribution < 1.29 is 17.9 Å². The SMILES string of the molecule is CCNC(=NCCS(=O)(=O)N1CCSCC1)Nc1ccc(OCC)c(OC)c1.I. The topological polar surface area (TPSA) is 92.3 Å². The summed E-state index contributed by atoms with van der Waals surface area (Å²) in [6.07, 6.45) is 0. The van der Waals surface area contributed by atoms with E-state index in [4.69, 9.17) is 9.47 Å². The highest BCUT2D eigenvalue weighted by atomic mass is 127. The Kier molecular flexibility index (Phi) is 12.1. The van der Waals surface area contributed by atoms with E-state index in [1.54, 1.807) is 23.2 Å². The summed E-state index contributed by atoms with van der Waals surface area (Å²) in [6, 6.07) is 5.51. The molecular formula is C18H31IN4O4S2. The lowest BCUT2D eigenvalue weighted by molar-refractivity contribution is 0.311. The zero-order valence-corrected chi connectivity index (χ0v) is 21.1. The molecule has 1 fully saturated rings. The Morgan fingerprint density at radius 2 is 1.97 bits per heavy atom. The smallest absolute Gasteiger partial charge is 0.215 e. The van der Waals surface area contributed by atoms with Gasteiger partial charge in [0.15, 0.2) is 17.5 Å². The molecular weight excluding hydrogens is 527 g/mol. The quantitative estimate of drug-likeness (QED) is 0.273. The van der Waals surface area contributed by atoms with Gasteiger partial charge in [0.25, 0.3) is 0 Å². The number of hydrogen-bond donors (Lipinski definition) is 2. The molecule has 8 nitrogen and oxygen atoms in total. The maximum absolute atomic E-state index is 12.4. The summed E-state index contributed by atoms with van der Waals surface area (Å²) in [4.78, 5) is 4.41. The third-order valence-electron chi connectivity index (χ3n) is 4.05. The zero-order valence-electron chi connectivity index (χ0n) is 17.1. The maximum atomic E-state index is 12.4. The molecule has 0 atom stereocenters. The van der Waals surface area contributed by atoms with Gasteiger partial charge in [-0.05, 0) is 26.0 Å². The molecule has 0 aliphatic carbocycles. The largest absolute Gasteiger partial charge is 0.493 e. The van der Waals surface area contributed by atoms with E-state index in [0.29, 0.717) is 43.7 Å². The van der Waals surface area contributed by atoms with Crippen molar-refractivity contribution in [1.82, 2.24) is 9.62 Å². The molecule has 0 spiro atoms. The molecule has 11 heteroatoms. The van der Waals surface area contributed by atoms with E-state index in [9.17, 15) is 8.42 Å². The van der Waals surface area contributed by atoms with Gasteiger partial charge in [-0.25, -0.2) is 12.7 Å². The average Bonchev–Trinajstić information content (AvgIpc) is 2.70. The zero-order chi connectivity index (χ0) is 20.4. The number of guanidine groups is 1. The van der Waals surface area contributed by atoms with E-state index >= 15 is 0 Å². The third-order valence-corrected chi connectivity index (χ3v) is 6.85. The molecule has 1 aromatic rings. The Balaban J connectivity index is 0.00000420. The molecule has 0 amide bonds. The number of methoxy groups -OCH3 is 1. The Morgan fingerprint density at radius 1 is 1.24 bits per heavy atom. The van der Waals surface area contributed by atoms with Crippen molar-refractivity contribution in [2.45, 2.75) is 13.8 Å². The lowest BCUT2D eigenvalue weighted by atomic mass is 10.2. The van der Waals surface area contributed by atoms with Gasteiger partial charge in [-0.15, -0.1) is 24.0 Å². The number of anilines is 1. The van der Waals surface area contributed by atoms with E-state index < -0.39 is 10.0 Å². The van der Waals surface area contributed by atoms with Crippen LogP contribution in [0.1, 0.15) is 13.8 Å². The number of aliphatic imine (C=N–C) groups is 1. The van der Waals surface area contributed by atoms with Crippen LogP contribution in [-0.4, -0.2) is 75.8 Å². The number of nitrogens with zero attached hydrogens (tertiary/aromatic N) is 2. The summed E-state index contributed by atoms with van der Waals surface area (Å²) >= 11 is 1.79. The van der Waals surface area contributed by atoms with Crippen LogP contribution in [0.4, 0.5) is 5.69 Å². The Morgan fingerprint density at radius 3 is 2.59 bits per heavy atom.